The van der Waals surface area contributed by atoms with Crippen LogP contribution in [0.4, 0.5) is 0 Å². The van der Waals surface area contributed by atoms with Crippen LogP contribution in [0.2, 0.25) is 0 Å². The smallest absolute Gasteiger partial charge is 0.0459 e. The second-order valence-corrected chi connectivity index (χ2v) is 5.62. The molecule has 0 aliphatic rings. The first-order chi connectivity index (χ1) is 9.10. The monoisotopic (exact) mass is 259 g/mol. The van der Waals surface area contributed by atoms with Gasteiger partial charge in [-0.1, -0.05) is 32.0 Å². The minimum Gasteiger partial charge on any atom is -0.358 e. The van der Waals surface area contributed by atoms with Gasteiger partial charge in [-0.25, -0.2) is 0 Å². The largest absolute Gasteiger partial charge is 0.358 e. The van der Waals surface area contributed by atoms with Crippen LogP contribution in [0.25, 0.3) is 10.9 Å². The number of nitrogens with one attached hydrogen (secondary N) is 2. The molecular weight excluding hydrogens is 234 g/mol. The van der Waals surface area contributed by atoms with Crippen LogP contribution in [-0.4, -0.2) is 18.6 Å². The number of nitrogens with two attached hydrogens (primary N) is 1. The van der Waals surface area contributed by atoms with Crippen molar-refractivity contribution in [3.63, 3.8) is 0 Å². The van der Waals surface area contributed by atoms with Crippen LogP contribution in [0.1, 0.15) is 31.1 Å². The van der Waals surface area contributed by atoms with Gasteiger partial charge in [-0.15, -0.1) is 0 Å². The van der Waals surface area contributed by atoms with E-state index >= 15 is 0 Å². The quantitative estimate of drug-likeness (QED) is 0.773. The number of rotatable bonds is 5. The van der Waals surface area contributed by atoms with Crippen molar-refractivity contribution in [2.24, 2.45) is 17.6 Å². The van der Waals surface area contributed by atoms with Crippen molar-refractivity contribution < 1.29 is 0 Å². The van der Waals surface area contributed by atoms with Crippen LogP contribution in [0.3, 0.4) is 0 Å². The molecule has 3 heteroatoms. The molecule has 1 aromatic heterocycles. The van der Waals surface area contributed by atoms with Gasteiger partial charge in [-0.2, -0.15) is 0 Å². The van der Waals surface area contributed by atoms with Crippen molar-refractivity contribution >= 4 is 10.9 Å². The number of hydrogen-bond donors (Lipinski definition) is 3. The number of aromatic nitrogens is 1. The third-order valence-corrected chi connectivity index (χ3v) is 4.12. The van der Waals surface area contributed by atoms with Gasteiger partial charge in [-0.3, -0.25) is 0 Å². The van der Waals surface area contributed by atoms with E-state index in [2.05, 4.69) is 55.3 Å². The lowest BCUT2D eigenvalue weighted by Crippen LogP contribution is -2.34. The summed E-state index contributed by atoms with van der Waals surface area (Å²) in [6.07, 6.45) is 0. The fraction of sp³-hybridized carbons (Fsp3) is 0.500. The Labute approximate surface area is 115 Å². The molecule has 0 radical (unpaired) electrons. The van der Waals surface area contributed by atoms with E-state index in [-0.39, 0.29) is 0 Å². The number of aryl methyl sites for hydroxylation is 1. The molecule has 104 valence electrons. The molecule has 0 aliphatic carbocycles. The molecule has 1 heterocycles. The lowest BCUT2D eigenvalue weighted by molar-refractivity contribution is 0.299. The van der Waals surface area contributed by atoms with E-state index in [1.54, 1.807) is 0 Å². The fourth-order valence-corrected chi connectivity index (χ4v) is 3.06. The van der Waals surface area contributed by atoms with Gasteiger partial charge >= 0.3 is 0 Å². The van der Waals surface area contributed by atoms with Gasteiger partial charge in [0.1, 0.15) is 0 Å². The highest BCUT2D eigenvalue weighted by Gasteiger charge is 2.27. The predicted octanol–water partition coefficient (Wildman–Crippen LogP) is 2.97. The van der Waals surface area contributed by atoms with Crippen molar-refractivity contribution in [3.8, 4) is 0 Å². The van der Waals surface area contributed by atoms with E-state index in [4.69, 9.17) is 5.73 Å². The molecule has 0 saturated carbocycles. The van der Waals surface area contributed by atoms with Crippen LogP contribution in [0.15, 0.2) is 24.3 Å². The maximum Gasteiger partial charge on any atom is 0.0459 e. The van der Waals surface area contributed by atoms with Gasteiger partial charge in [0.2, 0.25) is 0 Å². The second kappa shape index (κ2) is 5.76. The van der Waals surface area contributed by atoms with Crippen molar-refractivity contribution in [1.29, 1.82) is 0 Å². The van der Waals surface area contributed by atoms with Crippen LogP contribution in [-0.2, 0) is 0 Å². The third kappa shape index (κ3) is 2.53. The lowest BCUT2D eigenvalue weighted by Gasteiger charge is -2.29. The standard InChI is InChI=1S/C16H25N3/c1-10(2)13(9-17)16(18-4)15-11(3)19-14-8-6-5-7-12(14)15/h5-8,10,13,16,18-19H,9,17H2,1-4H3. The average Bonchev–Trinajstić information content (AvgIpc) is 2.71. The van der Waals surface area contributed by atoms with Crippen molar-refractivity contribution in [2.75, 3.05) is 13.6 Å². The van der Waals surface area contributed by atoms with Crippen LogP contribution < -0.4 is 11.1 Å². The molecule has 4 N–H and O–H groups in total. The lowest BCUT2D eigenvalue weighted by atomic mass is 9.83. The first kappa shape index (κ1) is 14.1. The molecule has 3 nitrogen and oxygen atoms in total. The second-order valence-electron chi connectivity index (χ2n) is 5.62. The summed E-state index contributed by atoms with van der Waals surface area (Å²) in [6, 6.07) is 8.77. The molecule has 2 aromatic rings. The van der Waals surface area contributed by atoms with E-state index < -0.39 is 0 Å². The molecular formula is C16H25N3. The van der Waals surface area contributed by atoms with Gasteiger partial charge in [0, 0.05) is 22.6 Å². The average molecular weight is 259 g/mol. The van der Waals surface area contributed by atoms with Crippen LogP contribution in [0, 0.1) is 18.8 Å². The van der Waals surface area contributed by atoms with Crippen molar-refractivity contribution in [1.82, 2.24) is 10.3 Å². The Hall–Kier alpha value is -1.32. The van der Waals surface area contributed by atoms with Crippen LogP contribution >= 0.6 is 0 Å². The zero-order valence-electron chi connectivity index (χ0n) is 12.3. The number of H-pyrrole nitrogens is 1. The highest BCUT2D eigenvalue weighted by Crippen LogP contribution is 2.34. The van der Waals surface area contributed by atoms with Gasteiger partial charge in [0.05, 0.1) is 0 Å². The number of hydrogen-bond acceptors (Lipinski definition) is 2. The molecule has 0 saturated heterocycles. The van der Waals surface area contributed by atoms with Crippen molar-refractivity contribution in [3.05, 3.63) is 35.5 Å². The summed E-state index contributed by atoms with van der Waals surface area (Å²) in [6.45, 7) is 7.33. The first-order valence-corrected chi connectivity index (χ1v) is 7.04. The molecule has 2 unspecified atom stereocenters. The summed E-state index contributed by atoms with van der Waals surface area (Å²) < 4.78 is 0. The molecule has 2 atom stereocenters. The maximum atomic E-state index is 6.00. The zero-order valence-corrected chi connectivity index (χ0v) is 12.3. The minimum absolute atomic E-state index is 0.293. The third-order valence-electron chi connectivity index (χ3n) is 4.12. The summed E-state index contributed by atoms with van der Waals surface area (Å²) in [4.78, 5) is 3.48. The summed E-state index contributed by atoms with van der Waals surface area (Å²) >= 11 is 0. The van der Waals surface area contributed by atoms with E-state index in [1.165, 1.54) is 22.2 Å². The first-order valence-electron chi connectivity index (χ1n) is 7.04. The highest BCUT2D eigenvalue weighted by atomic mass is 14.9. The normalized spacial score (nSPS) is 15.1. The Morgan fingerprint density at radius 3 is 2.53 bits per heavy atom. The number of benzene rings is 1. The number of para-hydroxylation sites is 1. The predicted molar refractivity (Wildman–Crippen MR) is 82.2 cm³/mol. The minimum atomic E-state index is 0.293. The molecule has 0 aliphatic heterocycles. The Morgan fingerprint density at radius 1 is 1.26 bits per heavy atom. The topological polar surface area (TPSA) is 53.8 Å². The highest BCUT2D eigenvalue weighted by molar-refractivity contribution is 5.85. The fourth-order valence-electron chi connectivity index (χ4n) is 3.06. The molecule has 2 rings (SSSR count). The van der Waals surface area contributed by atoms with Gasteiger partial charge in [-0.05, 0) is 44.0 Å². The Morgan fingerprint density at radius 2 is 1.95 bits per heavy atom. The molecule has 0 spiro atoms. The van der Waals surface area contributed by atoms with Gasteiger partial charge in [0.25, 0.3) is 0 Å². The van der Waals surface area contributed by atoms with Crippen molar-refractivity contribution in [2.45, 2.75) is 26.8 Å². The van der Waals surface area contributed by atoms with Gasteiger partial charge in [0.15, 0.2) is 0 Å². The Balaban J connectivity index is 2.54. The molecule has 0 bridgehead atoms. The molecule has 19 heavy (non-hydrogen) atoms. The number of fused-ring (bicyclic) bond motifs is 1. The molecule has 1 aromatic carbocycles. The summed E-state index contributed by atoms with van der Waals surface area (Å²) in [5.41, 5.74) is 9.80. The van der Waals surface area contributed by atoms with E-state index in [1.807, 2.05) is 7.05 Å². The molecule has 0 amide bonds. The summed E-state index contributed by atoms with van der Waals surface area (Å²) in [7, 11) is 2.02. The van der Waals surface area contributed by atoms with E-state index in [0.29, 0.717) is 24.4 Å². The van der Waals surface area contributed by atoms with Crippen LogP contribution in [0.5, 0.6) is 0 Å². The Bertz CT molecular complexity index is 542. The van der Waals surface area contributed by atoms with E-state index in [0.717, 1.165) is 0 Å². The summed E-state index contributed by atoms with van der Waals surface area (Å²) in [5.74, 6) is 0.985. The number of aromatic amines is 1. The molecule has 0 fully saturated rings. The Kier molecular flexibility index (Phi) is 4.27. The SMILES string of the molecule is CNC(c1c(C)[nH]c2ccccc12)C(CN)C(C)C. The van der Waals surface area contributed by atoms with Gasteiger partial charge < -0.3 is 16.0 Å². The maximum absolute atomic E-state index is 6.00. The summed E-state index contributed by atoms with van der Waals surface area (Å²) in [5, 5.41) is 4.77. The zero-order chi connectivity index (χ0) is 14.0. The van der Waals surface area contributed by atoms with E-state index in [9.17, 15) is 0 Å².